The number of nitrogens with one attached hydrogen (secondary N) is 1. The fourth-order valence-electron chi connectivity index (χ4n) is 2.05. The molecular formula is C16H18N2O6. The number of amides is 1. The van der Waals surface area contributed by atoms with Crippen molar-refractivity contribution in [3.05, 3.63) is 35.2 Å². The molecule has 24 heavy (non-hydrogen) atoms. The molecule has 1 N–H and O–H groups in total. The van der Waals surface area contributed by atoms with E-state index in [1.165, 1.54) is 14.2 Å². The monoisotopic (exact) mass is 334 g/mol. The van der Waals surface area contributed by atoms with Crippen molar-refractivity contribution in [3.63, 3.8) is 0 Å². The summed E-state index contributed by atoms with van der Waals surface area (Å²) in [4.78, 5) is 23.9. The molecule has 1 amide bonds. The van der Waals surface area contributed by atoms with Gasteiger partial charge < -0.3 is 24.1 Å². The molecule has 0 bridgehead atoms. The van der Waals surface area contributed by atoms with E-state index in [0.29, 0.717) is 28.6 Å². The third kappa shape index (κ3) is 4.03. The van der Waals surface area contributed by atoms with Crippen LogP contribution in [0.4, 0.5) is 5.69 Å². The molecule has 0 aliphatic heterocycles. The molecule has 0 saturated carbocycles. The summed E-state index contributed by atoms with van der Waals surface area (Å²) in [6.07, 6.45) is 0. The number of ether oxygens (including phenoxy) is 3. The summed E-state index contributed by atoms with van der Waals surface area (Å²) in [5.74, 6) is 0.236. The summed E-state index contributed by atoms with van der Waals surface area (Å²) in [5, 5.41) is 6.27. The zero-order valence-corrected chi connectivity index (χ0v) is 13.8. The molecule has 0 aliphatic carbocycles. The summed E-state index contributed by atoms with van der Waals surface area (Å²) in [6, 6.07) is 4.92. The Morgan fingerprint density at radius 2 is 1.75 bits per heavy atom. The van der Waals surface area contributed by atoms with Gasteiger partial charge in [-0.1, -0.05) is 5.16 Å². The SMILES string of the molecule is COc1cc(NC(=O)COC(=O)c2c(C)noc2C)cc(OC)c1. The topological polar surface area (TPSA) is 99.9 Å². The standard InChI is InChI=1S/C16H18N2O6/c1-9-15(10(2)24-18-9)16(20)23-8-14(19)17-11-5-12(21-3)7-13(6-11)22-4/h5-7H,8H2,1-4H3,(H,17,19). The second kappa shape index (κ2) is 7.49. The summed E-state index contributed by atoms with van der Waals surface area (Å²) in [7, 11) is 3.01. The lowest BCUT2D eigenvalue weighted by atomic mass is 10.2. The minimum atomic E-state index is -0.662. The molecule has 0 spiro atoms. The van der Waals surface area contributed by atoms with E-state index in [-0.39, 0.29) is 5.56 Å². The Morgan fingerprint density at radius 3 is 2.25 bits per heavy atom. The van der Waals surface area contributed by atoms with Crippen LogP contribution in [0.2, 0.25) is 0 Å². The highest BCUT2D eigenvalue weighted by Crippen LogP contribution is 2.25. The average Bonchev–Trinajstić information content (AvgIpc) is 2.91. The van der Waals surface area contributed by atoms with E-state index in [9.17, 15) is 9.59 Å². The van der Waals surface area contributed by atoms with Crippen LogP contribution in [0.5, 0.6) is 11.5 Å². The molecule has 0 atom stereocenters. The van der Waals surface area contributed by atoms with Crippen LogP contribution < -0.4 is 14.8 Å². The number of hydrogen-bond donors (Lipinski definition) is 1. The molecule has 0 saturated heterocycles. The Labute approximate surface area is 138 Å². The third-order valence-electron chi connectivity index (χ3n) is 3.21. The van der Waals surface area contributed by atoms with Gasteiger partial charge in [-0.25, -0.2) is 4.79 Å². The van der Waals surface area contributed by atoms with Crippen LogP contribution in [0.25, 0.3) is 0 Å². The number of methoxy groups -OCH3 is 2. The minimum absolute atomic E-state index is 0.228. The number of benzene rings is 1. The Kier molecular flexibility index (Phi) is 5.41. The van der Waals surface area contributed by atoms with E-state index in [0.717, 1.165) is 0 Å². The summed E-state index contributed by atoms with van der Waals surface area (Å²) in [5.41, 5.74) is 1.10. The van der Waals surface area contributed by atoms with Crippen LogP contribution in [0, 0.1) is 13.8 Å². The molecule has 0 aliphatic rings. The molecule has 2 rings (SSSR count). The number of aromatic nitrogens is 1. The normalized spacial score (nSPS) is 10.2. The van der Waals surface area contributed by atoms with Gasteiger partial charge in [0.2, 0.25) is 0 Å². The molecular weight excluding hydrogens is 316 g/mol. The molecule has 1 aromatic carbocycles. The summed E-state index contributed by atoms with van der Waals surface area (Å²) in [6.45, 7) is 2.78. The van der Waals surface area contributed by atoms with Gasteiger partial charge in [0.05, 0.1) is 19.9 Å². The van der Waals surface area contributed by atoms with E-state index in [1.54, 1.807) is 32.0 Å². The van der Waals surface area contributed by atoms with Crippen molar-refractivity contribution in [2.45, 2.75) is 13.8 Å². The fourth-order valence-corrected chi connectivity index (χ4v) is 2.05. The largest absolute Gasteiger partial charge is 0.497 e. The van der Waals surface area contributed by atoms with E-state index < -0.39 is 18.5 Å². The van der Waals surface area contributed by atoms with Crippen LogP contribution in [0.3, 0.4) is 0 Å². The van der Waals surface area contributed by atoms with Gasteiger partial charge in [-0.15, -0.1) is 0 Å². The number of esters is 1. The highest BCUT2D eigenvalue weighted by molar-refractivity contribution is 5.96. The summed E-state index contributed by atoms with van der Waals surface area (Å²) < 4.78 is 20.1. The van der Waals surface area contributed by atoms with E-state index in [1.807, 2.05) is 0 Å². The molecule has 128 valence electrons. The lowest BCUT2D eigenvalue weighted by Gasteiger charge is -2.10. The maximum Gasteiger partial charge on any atom is 0.344 e. The average molecular weight is 334 g/mol. The Bertz CT molecular complexity index is 711. The first-order valence-corrected chi connectivity index (χ1v) is 7.07. The lowest BCUT2D eigenvalue weighted by Crippen LogP contribution is -2.21. The van der Waals surface area contributed by atoms with Gasteiger partial charge in [0.25, 0.3) is 5.91 Å². The van der Waals surface area contributed by atoms with Crippen LogP contribution in [-0.4, -0.2) is 37.9 Å². The van der Waals surface area contributed by atoms with Gasteiger partial charge >= 0.3 is 5.97 Å². The minimum Gasteiger partial charge on any atom is -0.497 e. The van der Waals surface area contributed by atoms with Crippen molar-refractivity contribution in [2.24, 2.45) is 0 Å². The maximum atomic E-state index is 12.0. The van der Waals surface area contributed by atoms with Crippen molar-refractivity contribution in [2.75, 3.05) is 26.1 Å². The number of rotatable bonds is 6. The van der Waals surface area contributed by atoms with E-state index in [4.69, 9.17) is 18.7 Å². The predicted molar refractivity (Wildman–Crippen MR) is 84.4 cm³/mol. The molecule has 8 heteroatoms. The Morgan fingerprint density at radius 1 is 1.12 bits per heavy atom. The molecule has 2 aromatic rings. The molecule has 0 radical (unpaired) electrons. The second-order valence-corrected chi connectivity index (χ2v) is 4.92. The van der Waals surface area contributed by atoms with Crippen molar-refractivity contribution in [3.8, 4) is 11.5 Å². The van der Waals surface area contributed by atoms with Crippen molar-refractivity contribution < 1.29 is 28.3 Å². The smallest absolute Gasteiger partial charge is 0.344 e. The first-order chi connectivity index (χ1) is 11.4. The van der Waals surface area contributed by atoms with Crippen molar-refractivity contribution in [1.82, 2.24) is 5.16 Å². The zero-order valence-electron chi connectivity index (χ0n) is 13.8. The maximum absolute atomic E-state index is 12.0. The zero-order chi connectivity index (χ0) is 17.7. The van der Waals surface area contributed by atoms with Crippen molar-refractivity contribution >= 4 is 17.6 Å². The first-order valence-electron chi connectivity index (χ1n) is 7.07. The van der Waals surface area contributed by atoms with E-state index in [2.05, 4.69) is 10.5 Å². The number of hydrogen-bond acceptors (Lipinski definition) is 7. The van der Waals surface area contributed by atoms with Crippen molar-refractivity contribution in [1.29, 1.82) is 0 Å². The van der Waals surface area contributed by atoms with Crippen LogP contribution in [-0.2, 0) is 9.53 Å². The molecule has 0 fully saturated rings. The fraction of sp³-hybridized carbons (Fsp3) is 0.312. The van der Waals surface area contributed by atoms with Crippen LogP contribution in [0.1, 0.15) is 21.8 Å². The number of carbonyl (C=O) groups is 2. The number of carbonyl (C=O) groups excluding carboxylic acids is 2. The van der Waals surface area contributed by atoms with Gasteiger partial charge in [-0.2, -0.15) is 0 Å². The number of nitrogens with zero attached hydrogens (tertiary/aromatic N) is 1. The van der Waals surface area contributed by atoms with Gasteiger partial charge in [0.1, 0.15) is 22.8 Å². The summed E-state index contributed by atoms with van der Waals surface area (Å²) >= 11 is 0. The first kappa shape index (κ1) is 17.3. The molecule has 0 unspecified atom stereocenters. The van der Waals surface area contributed by atoms with Crippen LogP contribution >= 0.6 is 0 Å². The molecule has 1 heterocycles. The Balaban J connectivity index is 1.97. The number of anilines is 1. The molecule has 8 nitrogen and oxygen atoms in total. The Hall–Kier alpha value is -3.03. The van der Waals surface area contributed by atoms with Gasteiger partial charge in [-0.05, 0) is 13.8 Å². The predicted octanol–water partition coefficient (Wildman–Crippen LogP) is 2.10. The van der Waals surface area contributed by atoms with Gasteiger partial charge in [0, 0.05) is 23.9 Å². The lowest BCUT2D eigenvalue weighted by molar-refractivity contribution is -0.119. The molecule has 1 aromatic heterocycles. The highest BCUT2D eigenvalue weighted by atomic mass is 16.5. The second-order valence-electron chi connectivity index (χ2n) is 4.92. The van der Waals surface area contributed by atoms with E-state index >= 15 is 0 Å². The quantitative estimate of drug-likeness (QED) is 0.807. The highest BCUT2D eigenvalue weighted by Gasteiger charge is 2.20. The van der Waals surface area contributed by atoms with Gasteiger partial charge in [-0.3, -0.25) is 4.79 Å². The number of aryl methyl sites for hydroxylation is 2. The third-order valence-corrected chi connectivity index (χ3v) is 3.21. The van der Waals surface area contributed by atoms with Gasteiger partial charge in [0.15, 0.2) is 6.61 Å². The van der Waals surface area contributed by atoms with Crippen LogP contribution in [0.15, 0.2) is 22.7 Å².